The van der Waals surface area contributed by atoms with Gasteiger partial charge >= 0.3 is 0 Å². The van der Waals surface area contributed by atoms with Crippen LogP contribution in [-0.4, -0.2) is 40.7 Å². The van der Waals surface area contributed by atoms with E-state index in [0.29, 0.717) is 0 Å². The molecule has 3 aromatic rings. The number of aliphatic hydroxyl groups is 1. The fourth-order valence-electron chi connectivity index (χ4n) is 3.79. The Kier molecular flexibility index (Phi) is 11.5. The predicted molar refractivity (Wildman–Crippen MR) is 158 cm³/mol. The van der Waals surface area contributed by atoms with Crippen LogP contribution in [0.1, 0.15) is 36.8 Å². The van der Waals surface area contributed by atoms with Gasteiger partial charge in [-0.05, 0) is 43.6 Å². The average molecular weight is 520 g/mol. The largest absolute Gasteiger partial charge is 0.463 e. The van der Waals surface area contributed by atoms with Gasteiger partial charge in [-0.25, -0.2) is 0 Å². The zero-order chi connectivity index (χ0) is 25.6. The summed E-state index contributed by atoms with van der Waals surface area (Å²) in [5, 5.41) is 9.23. The van der Waals surface area contributed by atoms with Crippen LogP contribution in [0.15, 0.2) is 109 Å². The van der Waals surface area contributed by atoms with Gasteiger partial charge in [-0.15, -0.1) is 11.8 Å². The highest BCUT2D eigenvalue weighted by Crippen LogP contribution is 2.39. The fourth-order valence-corrected chi connectivity index (χ4v) is 4.89. The molecule has 0 atom stereocenters. The molecule has 0 amide bonds. The zero-order valence-corrected chi connectivity index (χ0v) is 22.8. The molecule has 1 saturated carbocycles. The van der Waals surface area contributed by atoms with E-state index in [9.17, 15) is 5.11 Å². The van der Waals surface area contributed by atoms with Gasteiger partial charge in [0.2, 0.25) is 0 Å². The molecule has 0 aromatic heterocycles. The Morgan fingerprint density at radius 2 is 1.53 bits per heavy atom. The third-order valence-electron chi connectivity index (χ3n) is 5.95. The van der Waals surface area contributed by atoms with Gasteiger partial charge < -0.3 is 14.7 Å². The van der Waals surface area contributed by atoms with Crippen LogP contribution in [0.4, 0.5) is 0 Å². The maximum absolute atomic E-state index is 9.23. The van der Waals surface area contributed by atoms with Crippen LogP contribution in [0.25, 0.3) is 11.5 Å². The molecule has 36 heavy (non-hydrogen) atoms. The highest BCUT2D eigenvalue weighted by Gasteiger charge is 2.38. The molecule has 1 aliphatic rings. The van der Waals surface area contributed by atoms with E-state index in [1.165, 1.54) is 11.2 Å². The third-order valence-corrected chi connectivity index (χ3v) is 7.26. The minimum absolute atomic E-state index is 0.247. The fraction of sp³-hybridized carbons (Fsp3) is 0.290. The summed E-state index contributed by atoms with van der Waals surface area (Å²) in [4.78, 5) is 3.55. The summed E-state index contributed by atoms with van der Waals surface area (Å²) in [7, 11) is 2.11. The van der Waals surface area contributed by atoms with Crippen molar-refractivity contribution < 1.29 is 9.84 Å². The van der Waals surface area contributed by atoms with E-state index < -0.39 is 0 Å². The first-order chi connectivity index (χ1) is 17.6. The summed E-state index contributed by atoms with van der Waals surface area (Å²) in [5.41, 5.74) is 2.96. The molecule has 4 rings (SSSR count). The number of ether oxygens (including phenoxy) is 1. The average Bonchev–Trinajstić information content (AvgIpc) is 3.66. The van der Waals surface area contributed by atoms with E-state index in [2.05, 4.69) is 91.8 Å². The van der Waals surface area contributed by atoms with E-state index in [1.54, 1.807) is 0 Å². The van der Waals surface area contributed by atoms with Crippen LogP contribution in [0.5, 0.6) is 0 Å². The van der Waals surface area contributed by atoms with Crippen molar-refractivity contribution in [3.05, 3.63) is 115 Å². The Labute approximate surface area is 226 Å². The summed E-state index contributed by atoms with van der Waals surface area (Å²) in [5.74, 6) is 2.70. The molecule has 3 aromatic carbocycles. The van der Waals surface area contributed by atoms with Crippen molar-refractivity contribution in [3.8, 4) is 0 Å². The molecule has 0 saturated heterocycles. The molecular formula is C31H37NO2S2. The van der Waals surface area contributed by atoms with Gasteiger partial charge in [0.1, 0.15) is 0 Å². The predicted octanol–water partition coefficient (Wildman–Crippen LogP) is 7.62. The number of benzene rings is 3. The van der Waals surface area contributed by atoms with Gasteiger partial charge in [0.15, 0.2) is 5.76 Å². The lowest BCUT2D eigenvalue weighted by atomic mass is 10.1. The second-order valence-electron chi connectivity index (χ2n) is 8.83. The molecule has 0 spiro atoms. The van der Waals surface area contributed by atoms with E-state index >= 15 is 0 Å². The Morgan fingerprint density at radius 3 is 2.06 bits per heavy atom. The number of thioether (sulfide) groups is 1. The van der Waals surface area contributed by atoms with Crippen LogP contribution in [0.3, 0.4) is 0 Å². The lowest BCUT2D eigenvalue weighted by molar-refractivity contribution is 0.139. The van der Waals surface area contributed by atoms with Gasteiger partial charge in [-0.2, -0.15) is 12.6 Å². The van der Waals surface area contributed by atoms with Crippen LogP contribution in [0, 0.1) is 0 Å². The van der Waals surface area contributed by atoms with Crippen molar-refractivity contribution in [2.24, 2.45) is 0 Å². The SMILES string of the molecule is C=CO/C(=C(/c1ccccc1)N(C)CCSc1ccccc1)c1ccccc1.OC1(CCCS)CC1. The third kappa shape index (κ3) is 9.12. The van der Waals surface area contributed by atoms with Crippen molar-refractivity contribution in [2.45, 2.75) is 36.2 Å². The van der Waals surface area contributed by atoms with Crippen molar-refractivity contribution in [2.75, 3.05) is 25.1 Å². The van der Waals surface area contributed by atoms with Gasteiger partial charge in [0, 0.05) is 35.4 Å². The van der Waals surface area contributed by atoms with E-state index in [1.807, 2.05) is 42.1 Å². The molecule has 0 aliphatic heterocycles. The molecule has 1 N–H and O–H groups in total. The minimum Gasteiger partial charge on any atom is -0.463 e. The van der Waals surface area contributed by atoms with Crippen molar-refractivity contribution in [3.63, 3.8) is 0 Å². The lowest BCUT2D eigenvalue weighted by Crippen LogP contribution is -2.21. The van der Waals surface area contributed by atoms with E-state index in [0.717, 1.165) is 66.3 Å². The Morgan fingerprint density at radius 1 is 0.972 bits per heavy atom. The van der Waals surface area contributed by atoms with Crippen molar-refractivity contribution in [1.82, 2.24) is 4.90 Å². The Hall–Kier alpha value is -2.60. The molecule has 0 radical (unpaired) electrons. The quantitative estimate of drug-likeness (QED) is 0.112. The molecule has 0 unspecified atom stereocenters. The summed E-state index contributed by atoms with van der Waals surface area (Å²) in [6, 6.07) is 31.1. The van der Waals surface area contributed by atoms with Gasteiger partial charge in [-0.3, -0.25) is 0 Å². The molecule has 3 nitrogen and oxygen atoms in total. The number of hydrogen-bond acceptors (Lipinski definition) is 5. The van der Waals surface area contributed by atoms with Gasteiger partial charge in [-0.1, -0.05) is 85.4 Å². The number of hydrogen-bond donors (Lipinski definition) is 2. The summed E-state index contributed by atoms with van der Waals surface area (Å²) < 4.78 is 5.93. The van der Waals surface area contributed by atoms with Crippen LogP contribution >= 0.6 is 24.4 Å². The van der Waals surface area contributed by atoms with Crippen molar-refractivity contribution >= 4 is 35.8 Å². The second kappa shape index (κ2) is 14.8. The van der Waals surface area contributed by atoms with Crippen molar-refractivity contribution in [1.29, 1.82) is 0 Å². The van der Waals surface area contributed by atoms with E-state index in [4.69, 9.17) is 4.74 Å². The first-order valence-corrected chi connectivity index (χ1v) is 14.0. The molecule has 0 heterocycles. The first-order valence-electron chi connectivity index (χ1n) is 12.4. The Balaban J connectivity index is 0.000000383. The standard InChI is InChI=1S/C25H25NOS.C6H12OS/c1-3-27-25(22-15-9-5-10-16-22)24(21-13-7-4-8-14-21)26(2)19-20-28-23-17-11-6-12-18-23;7-6(3-4-6)2-1-5-8/h3-18H,1,19-20H2,2H3;7-8H,1-5H2/b25-24-;. The summed E-state index contributed by atoms with van der Waals surface area (Å²) in [6.45, 7) is 4.67. The topological polar surface area (TPSA) is 32.7 Å². The molecule has 1 aliphatic carbocycles. The summed E-state index contributed by atoms with van der Waals surface area (Å²) in [6.07, 6.45) is 5.54. The minimum atomic E-state index is -0.247. The zero-order valence-electron chi connectivity index (χ0n) is 21.1. The van der Waals surface area contributed by atoms with Gasteiger partial charge in [0.25, 0.3) is 0 Å². The van der Waals surface area contributed by atoms with Crippen LogP contribution < -0.4 is 0 Å². The molecule has 190 valence electrons. The molecule has 5 heteroatoms. The van der Waals surface area contributed by atoms with Crippen LogP contribution in [0.2, 0.25) is 0 Å². The highest BCUT2D eigenvalue weighted by atomic mass is 32.2. The number of thiol groups is 1. The Bertz CT molecular complexity index is 1070. The first kappa shape index (κ1) is 28.0. The van der Waals surface area contributed by atoms with Crippen LogP contribution in [-0.2, 0) is 4.74 Å². The highest BCUT2D eigenvalue weighted by molar-refractivity contribution is 7.99. The normalized spacial score (nSPS) is 14.1. The molecule has 0 bridgehead atoms. The van der Waals surface area contributed by atoms with E-state index in [-0.39, 0.29) is 5.60 Å². The smallest absolute Gasteiger partial charge is 0.157 e. The number of rotatable bonds is 12. The summed E-state index contributed by atoms with van der Waals surface area (Å²) >= 11 is 5.91. The maximum Gasteiger partial charge on any atom is 0.157 e. The second-order valence-corrected chi connectivity index (χ2v) is 10.4. The van der Waals surface area contributed by atoms with Gasteiger partial charge in [0.05, 0.1) is 17.6 Å². The maximum atomic E-state index is 9.23. The number of nitrogens with zero attached hydrogens (tertiary/aromatic N) is 1. The molecule has 1 fully saturated rings. The lowest BCUT2D eigenvalue weighted by Gasteiger charge is -2.26. The monoisotopic (exact) mass is 519 g/mol. The molecular weight excluding hydrogens is 482 g/mol.